The van der Waals surface area contributed by atoms with Crippen LogP contribution in [0, 0.1) is 5.92 Å². The van der Waals surface area contributed by atoms with Crippen LogP contribution in [0.3, 0.4) is 0 Å². The Labute approximate surface area is 124 Å². The van der Waals surface area contributed by atoms with Crippen LogP contribution in [0.4, 0.5) is 5.69 Å². The van der Waals surface area contributed by atoms with Crippen molar-refractivity contribution < 1.29 is 9.53 Å². The fourth-order valence-corrected chi connectivity index (χ4v) is 3.85. The summed E-state index contributed by atoms with van der Waals surface area (Å²) in [7, 11) is 1.42. The minimum Gasteiger partial charge on any atom is -0.469 e. The van der Waals surface area contributed by atoms with Crippen molar-refractivity contribution in [1.29, 1.82) is 0 Å². The summed E-state index contributed by atoms with van der Waals surface area (Å²) in [4.78, 5) is 12.6. The van der Waals surface area contributed by atoms with Gasteiger partial charge in [0.05, 0.1) is 18.0 Å². The van der Waals surface area contributed by atoms with Crippen molar-refractivity contribution in [3.05, 3.63) is 29.3 Å². The molecule has 1 fully saturated rings. The molecule has 106 valence electrons. The summed E-state index contributed by atoms with van der Waals surface area (Å²) in [6.07, 6.45) is 3.65. The molecule has 2 aliphatic rings. The normalized spacial score (nSPS) is 25.4. The molecule has 0 aromatic heterocycles. The molecule has 3 nitrogen and oxygen atoms in total. The molecule has 1 aliphatic heterocycles. The van der Waals surface area contributed by atoms with Crippen molar-refractivity contribution in [2.24, 2.45) is 5.92 Å². The lowest BCUT2D eigenvalue weighted by Crippen LogP contribution is -2.29. The van der Waals surface area contributed by atoms with E-state index in [0.29, 0.717) is 11.8 Å². The highest BCUT2D eigenvalue weighted by Gasteiger charge is 2.36. The minimum atomic E-state index is -0.248. The summed E-state index contributed by atoms with van der Waals surface area (Å²) in [6, 6.07) is 6.26. The zero-order valence-electron chi connectivity index (χ0n) is 11.8. The molecule has 1 heterocycles. The van der Waals surface area contributed by atoms with E-state index in [0.717, 1.165) is 16.2 Å². The Morgan fingerprint density at radius 2 is 2.15 bits per heavy atom. The van der Waals surface area contributed by atoms with Crippen molar-refractivity contribution >= 4 is 28.9 Å². The molecule has 1 N–H and O–H groups in total. The molecule has 1 saturated carbocycles. The van der Waals surface area contributed by atoms with Gasteiger partial charge in [-0.25, -0.2) is 0 Å². The van der Waals surface area contributed by atoms with E-state index in [1.165, 1.54) is 31.9 Å². The Kier molecular flexibility index (Phi) is 3.50. The molecule has 3 atom stereocenters. The molecule has 4 heteroatoms. The van der Waals surface area contributed by atoms with Gasteiger partial charge in [-0.15, -0.1) is 0 Å². The number of thiocarbonyl (C=S) groups is 1. The first kappa shape index (κ1) is 13.6. The number of rotatable bonds is 2. The van der Waals surface area contributed by atoms with Gasteiger partial charge in [-0.3, -0.25) is 4.79 Å². The van der Waals surface area contributed by atoms with E-state index in [4.69, 9.17) is 17.0 Å². The number of hydrogen-bond acceptors (Lipinski definition) is 3. The number of esters is 1. The molecule has 0 saturated heterocycles. The average Bonchev–Trinajstić information content (AvgIpc) is 2.95. The van der Waals surface area contributed by atoms with Crippen LogP contribution in [0.2, 0.25) is 0 Å². The van der Waals surface area contributed by atoms with Crippen LogP contribution in [0.25, 0.3) is 0 Å². The summed E-state index contributed by atoms with van der Waals surface area (Å²) < 4.78 is 4.82. The maximum Gasteiger partial charge on any atom is 0.312 e. The van der Waals surface area contributed by atoms with E-state index < -0.39 is 0 Å². The van der Waals surface area contributed by atoms with Crippen molar-refractivity contribution in [2.75, 3.05) is 12.4 Å². The van der Waals surface area contributed by atoms with Crippen LogP contribution in [0.1, 0.15) is 49.1 Å². The predicted octanol–water partition coefficient (Wildman–Crippen LogP) is 3.60. The molecule has 1 aliphatic carbocycles. The third-order valence-corrected chi connectivity index (χ3v) is 5.05. The zero-order chi connectivity index (χ0) is 14.3. The number of hydrogen-bond donors (Lipinski definition) is 1. The van der Waals surface area contributed by atoms with Gasteiger partial charge >= 0.3 is 5.97 Å². The van der Waals surface area contributed by atoms with Crippen molar-refractivity contribution in [3.8, 4) is 0 Å². The van der Waals surface area contributed by atoms with E-state index in [9.17, 15) is 4.79 Å². The molecule has 0 bridgehead atoms. The number of anilines is 1. The van der Waals surface area contributed by atoms with E-state index in [2.05, 4.69) is 17.4 Å². The van der Waals surface area contributed by atoms with Crippen LogP contribution < -0.4 is 5.32 Å². The largest absolute Gasteiger partial charge is 0.469 e. The number of fused-ring (bicyclic) bond motifs is 3. The third kappa shape index (κ3) is 2.12. The molecule has 20 heavy (non-hydrogen) atoms. The molecule has 0 spiro atoms. The van der Waals surface area contributed by atoms with Gasteiger partial charge in [-0.2, -0.15) is 0 Å². The van der Waals surface area contributed by atoms with Gasteiger partial charge in [0.15, 0.2) is 0 Å². The minimum absolute atomic E-state index is 0.206. The van der Waals surface area contributed by atoms with Gasteiger partial charge in [0.2, 0.25) is 0 Å². The number of ether oxygens (including phenoxy) is 1. The van der Waals surface area contributed by atoms with Gasteiger partial charge in [-0.05, 0) is 42.9 Å². The Bertz CT molecular complexity index is 570. The quantitative estimate of drug-likeness (QED) is 0.667. The summed E-state index contributed by atoms with van der Waals surface area (Å²) in [5.41, 5.74) is 3.40. The van der Waals surface area contributed by atoms with E-state index in [-0.39, 0.29) is 11.9 Å². The summed E-state index contributed by atoms with van der Waals surface area (Å²) in [5.74, 6) is 0.603. The van der Waals surface area contributed by atoms with Crippen LogP contribution in [-0.4, -0.2) is 18.1 Å². The first-order chi connectivity index (χ1) is 9.61. The van der Waals surface area contributed by atoms with Crippen LogP contribution in [0.15, 0.2) is 18.2 Å². The van der Waals surface area contributed by atoms with Crippen LogP contribution in [0.5, 0.6) is 0 Å². The topological polar surface area (TPSA) is 38.3 Å². The second-order valence-electron chi connectivity index (χ2n) is 5.72. The highest BCUT2D eigenvalue weighted by atomic mass is 32.1. The molecular weight excluding hydrogens is 270 g/mol. The SMILES string of the molecule is COC(=O)C(C)c1ccc2c(c1)NC(=S)C1CCCC21. The van der Waals surface area contributed by atoms with E-state index in [1.54, 1.807) is 0 Å². The number of benzene rings is 1. The van der Waals surface area contributed by atoms with E-state index >= 15 is 0 Å². The maximum atomic E-state index is 11.7. The second kappa shape index (κ2) is 5.17. The first-order valence-corrected chi connectivity index (χ1v) is 7.55. The monoisotopic (exact) mass is 289 g/mol. The average molecular weight is 289 g/mol. The lowest BCUT2D eigenvalue weighted by molar-refractivity contribution is -0.141. The molecule has 0 amide bonds. The standard InChI is InChI=1S/C16H19NO2S/c1-9(16(18)19-2)10-6-7-12-11-4-3-5-13(11)15(20)17-14(12)8-10/h6-9,11,13H,3-5H2,1-2H3,(H,17,20). The second-order valence-corrected chi connectivity index (χ2v) is 6.16. The fourth-order valence-electron chi connectivity index (χ4n) is 3.46. The molecule has 1 aromatic carbocycles. The number of carbonyl (C=O) groups excluding carboxylic acids is 1. The zero-order valence-corrected chi connectivity index (χ0v) is 12.6. The maximum absolute atomic E-state index is 11.7. The molecule has 3 unspecified atom stereocenters. The molecular formula is C16H19NO2S. The Morgan fingerprint density at radius 1 is 1.40 bits per heavy atom. The summed E-state index contributed by atoms with van der Waals surface area (Å²) in [6.45, 7) is 1.87. The third-order valence-electron chi connectivity index (χ3n) is 4.64. The van der Waals surface area contributed by atoms with Gasteiger partial charge < -0.3 is 10.1 Å². The first-order valence-electron chi connectivity index (χ1n) is 7.14. The molecule has 3 rings (SSSR count). The Morgan fingerprint density at radius 3 is 2.90 bits per heavy atom. The van der Waals surface area contributed by atoms with Crippen LogP contribution >= 0.6 is 12.2 Å². The van der Waals surface area contributed by atoms with E-state index in [1.807, 2.05) is 13.0 Å². The Balaban J connectivity index is 1.96. The van der Waals surface area contributed by atoms with Crippen molar-refractivity contribution in [1.82, 2.24) is 0 Å². The lowest BCUT2D eigenvalue weighted by Gasteiger charge is -2.31. The lowest BCUT2D eigenvalue weighted by atomic mass is 9.83. The predicted molar refractivity (Wildman–Crippen MR) is 83.2 cm³/mol. The highest BCUT2D eigenvalue weighted by molar-refractivity contribution is 7.80. The van der Waals surface area contributed by atoms with Crippen molar-refractivity contribution in [3.63, 3.8) is 0 Å². The number of carbonyl (C=O) groups is 1. The smallest absolute Gasteiger partial charge is 0.312 e. The molecule has 1 aromatic rings. The van der Waals surface area contributed by atoms with Gasteiger partial charge in [0.25, 0.3) is 0 Å². The van der Waals surface area contributed by atoms with Gasteiger partial charge in [-0.1, -0.05) is 30.8 Å². The fraction of sp³-hybridized carbons (Fsp3) is 0.500. The number of methoxy groups -OCH3 is 1. The summed E-state index contributed by atoms with van der Waals surface area (Å²) in [5, 5.41) is 3.36. The number of nitrogens with one attached hydrogen (secondary N) is 1. The molecule has 0 radical (unpaired) electrons. The Hall–Kier alpha value is -1.42. The summed E-state index contributed by atoms with van der Waals surface area (Å²) >= 11 is 5.50. The van der Waals surface area contributed by atoms with Gasteiger partial charge in [0.1, 0.15) is 0 Å². The highest BCUT2D eigenvalue weighted by Crippen LogP contribution is 2.46. The van der Waals surface area contributed by atoms with Crippen LogP contribution in [-0.2, 0) is 9.53 Å². The van der Waals surface area contributed by atoms with Crippen molar-refractivity contribution in [2.45, 2.75) is 38.0 Å². The van der Waals surface area contributed by atoms with Gasteiger partial charge in [0, 0.05) is 11.6 Å².